The van der Waals surface area contributed by atoms with Crippen molar-refractivity contribution in [3.05, 3.63) is 71.0 Å². The molecule has 2 aromatic rings. The second-order valence-electron chi connectivity index (χ2n) is 4.90. The molecule has 114 valence electrons. The zero-order valence-electron chi connectivity index (χ0n) is 12.2. The van der Waals surface area contributed by atoms with Crippen molar-refractivity contribution in [2.75, 3.05) is 6.54 Å². The fraction of sp³-hybridized carbons (Fsp3) is 0.176. The van der Waals surface area contributed by atoms with Crippen LogP contribution in [-0.2, 0) is 11.3 Å². The van der Waals surface area contributed by atoms with Crippen LogP contribution in [0, 0.1) is 12.7 Å². The first kappa shape index (κ1) is 15.7. The fourth-order valence-corrected chi connectivity index (χ4v) is 1.96. The van der Waals surface area contributed by atoms with Crippen molar-refractivity contribution in [1.82, 2.24) is 10.6 Å². The van der Waals surface area contributed by atoms with Gasteiger partial charge in [0.05, 0.1) is 6.54 Å². The zero-order valence-corrected chi connectivity index (χ0v) is 12.2. The van der Waals surface area contributed by atoms with E-state index in [0.29, 0.717) is 6.54 Å². The zero-order chi connectivity index (χ0) is 15.9. The topological polar surface area (TPSA) is 58.2 Å². The number of halogens is 1. The van der Waals surface area contributed by atoms with Gasteiger partial charge in [-0.15, -0.1) is 0 Å². The first-order valence-electron chi connectivity index (χ1n) is 6.91. The molecule has 2 N–H and O–H groups in total. The van der Waals surface area contributed by atoms with Crippen LogP contribution in [0.2, 0.25) is 0 Å². The van der Waals surface area contributed by atoms with Crippen LogP contribution in [0.5, 0.6) is 0 Å². The Morgan fingerprint density at radius 1 is 1.05 bits per heavy atom. The van der Waals surface area contributed by atoms with Crippen LogP contribution in [0.15, 0.2) is 48.5 Å². The molecule has 0 aliphatic rings. The Balaban J connectivity index is 1.81. The molecule has 0 heterocycles. The van der Waals surface area contributed by atoms with Gasteiger partial charge in [0, 0.05) is 12.1 Å². The highest BCUT2D eigenvalue weighted by Gasteiger charge is 2.08. The maximum atomic E-state index is 13.0. The van der Waals surface area contributed by atoms with E-state index in [1.54, 1.807) is 0 Å². The molecule has 0 aliphatic carbocycles. The second kappa shape index (κ2) is 7.36. The number of amides is 2. The second-order valence-corrected chi connectivity index (χ2v) is 4.90. The normalized spacial score (nSPS) is 10.1. The van der Waals surface area contributed by atoms with Crippen molar-refractivity contribution >= 4 is 11.8 Å². The Bertz CT molecular complexity index is 686. The van der Waals surface area contributed by atoms with Gasteiger partial charge in [-0.1, -0.05) is 30.3 Å². The molecule has 0 aliphatic heterocycles. The van der Waals surface area contributed by atoms with E-state index in [1.165, 1.54) is 18.2 Å². The number of aryl methyl sites for hydroxylation is 1. The van der Waals surface area contributed by atoms with Crippen LogP contribution in [0.1, 0.15) is 21.5 Å². The number of hydrogen-bond acceptors (Lipinski definition) is 2. The average molecular weight is 300 g/mol. The monoisotopic (exact) mass is 300 g/mol. The molecule has 0 spiro atoms. The van der Waals surface area contributed by atoms with Crippen molar-refractivity contribution in [2.45, 2.75) is 13.5 Å². The molecule has 2 rings (SSSR count). The summed E-state index contributed by atoms with van der Waals surface area (Å²) in [6.45, 7) is 2.22. The highest BCUT2D eigenvalue weighted by atomic mass is 19.1. The average Bonchev–Trinajstić information content (AvgIpc) is 2.52. The van der Waals surface area contributed by atoms with Crippen LogP contribution in [0.25, 0.3) is 0 Å². The summed E-state index contributed by atoms with van der Waals surface area (Å²) in [5.74, 6) is -1.27. The third-order valence-electron chi connectivity index (χ3n) is 3.23. The minimum Gasteiger partial charge on any atom is -0.350 e. The molecule has 0 unspecified atom stereocenters. The molecule has 22 heavy (non-hydrogen) atoms. The quantitative estimate of drug-likeness (QED) is 0.889. The van der Waals surface area contributed by atoms with Crippen LogP contribution < -0.4 is 10.6 Å². The third kappa shape index (κ3) is 4.41. The lowest BCUT2D eigenvalue weighted by Gasteiger charge is -2.09. The van der Waals surface area contributed by atoms with E-state index < -0.39 is 11.7 Å². The summed E-state index contributed by atoms with van der Waals surface area (Å²) in [7, 11) is 0. The summed E-state index contributed by atoms with van der Waals surface area (Å²) in [6, 6.07) is 13.0. The summed E-state index contributed by atoms with van der Waals surface area (Å²) < 4.78 is 13.0. The van der Waals surface area contributed by atoms with Gasteiger partial charge in [0.1, 0.15) is 5.82 Å². The first-order valence-corrected chi connectivity index (χ1v) is 6.91. The Morgan fingerprint density at radius 3 is 2.55 bits per heavy atom. The number of carbonyl (C=O) groups is 2. The minimum atomic E-state index is -0.489. The van der Waals surface area contributed by atoms with Crippen molar-refractivity contribution in [3.63, 3.8) is 0 Å². The van der Waals surface area contributed by atoms with E-state index in [-0.39, 0.29) is 18.0 Å². The van der Waals surface area contributed by atoms with E-state index in [4.69, 9.17) is 0 Å². The van der Waals surface area contributed by atoms with Crippen molar-refractivity contribution in [2.24, 2.45) is 0 Å². The van der Waals surface area contributed by atoms with Gasteiger partial charge in [0.15, 0.2) is 0 Å². The van der Waals surface area contributed by atoms with E-state index in [1.807, 2.05) is 31.2 Å². The smallest absolute Gasteiger partial charge is 0.251 e. The maximum absolute atomic E-state index is 13.0. The molecule has 0 atom stereocenters. The van der Waals surface area contributed by atoms with Gasteiger partial charge < -0.3 is 10.6 Å². The predicted molar refractivity (Wildman–Crippen MR) is 81.8 cm³/mol. The Morgan fingerprint density at radius 2 is 1.82 bits per heavy atom. The van der Waals surface area contributed by atoms with E-state index in [9.17, 15) is 14.0 Å². The molecular weight excluding hydrogens is 283 g/mol. The molecule has 0 aromatic heterocycles. The van der Waals surface area contributed by atoms with Gasteiger partial charge in [-0.25, -0.2) is 4.39 Å². The molecule has 2 amide bonds. The van der Waals surface area contributed by atoms with Gasteiger partial charge in [0.25, 0.3) is 5.91 Å². The molecule has 0 bridgehead atoms. The largest absolute Gasteiger partial charge is 0.350 e. The Kier molecular flexibility index (Phi) is 5.25. The predicted octanol–water partition coefficient (Wildman–Crippen LogP) is 2.18. The van der Waals surface area contributed by atoms with Crippen LogP contribution >= 0.6 is 0 Å². The number of nitrogens with one attached hydrogen (secondary N) is 2. The molecule has 0 fully saturated rings. The number of benzene rings is 2. The number of rotatable bonds is 5. The molecule has 4 nitrogen and oxygen atoms in total. The molecular formula is C17H17FN2O2. The van der Waals surface area contributed by atoms with Gasteiger partial charge in [0.2, 0.25) is 5.91 Å². The van der Waals surface area contributed by atoms with Crippen molar-refractivity contribution in [3.8, 4) is 0 Å². The molecule has 0 saturated heterocycles. The van der Waals surface area contributed by atoms with Crippen LogP contribution in [0.4, 0.5) is 4.39 Å². The Hall–Kier alpha value is -2.69. The first-order chi connectivity index (χ1) is 10.6. The SMILES string of the molecule is Cc1ccccc1CNC(=O)CNC(=O)c1cccc(F)c1. The van der Waals surface area contributed by atoms with Gasteiger partial charge in [-0.2, -0.15) is 0 Å². The summed E-state index contributed by atoms with van der Waals surface area (Å²) in [5.41, 5.74) is 2.30. The van der Waals surface area contributed by atoms with E-state index in [0.717, 1.165) is 17.2 Å². The lowest BCUT2D eigenvalue weighted by molar-refractivity contribution is -0.120. The van der Waals surface area contributed by atoms with Gasteiger partial charge in [-0.3, -0.25) is 9.59 Å². The standard InChI is InChI=1S/C17H17FN2O2/c1-12-5-2-3-6-14(12)10-19-16(21)11-20-17(22)13-7-4-8-15(18)9-13/h2-9H,10-11H2,1H3,(H,19,21)(H,20,22). The van der Waals surface area contributed by atoms with E-state index in [2.05, 4.69) is 10.6 Å². The number of hydrogen-bond donors (Lipinski definition) is 2. The van der Waals surface area contributed by atoms with Gasteiger partial charge in [-0.05, 0) is 36.2 Å². The highest BCUT2D eigenvalue weighted by molar-refractivity contribution is 5.96. The summed E-state index contributed by atoms with van der Waals surface area (Å²) in [4.78, 5) is 23.5. The Labute approximate surface area is 128 Å². The fourth-order valence-electron chi connectivity index (χ4n) is 1.96. The lowest BCUT2D eigenvalue weighted by Crippen LogP contribution is -2.36. The molecule has 5 heteroatoms. The maximum Gasteiger partial charge on any atom is 0.251 e. The van der Waals surface area contributed by atoms with Crippen LogP contribution in [0.3, 0.4) is 0 Å². The third-order valence-corrected chi connectivity index (χ3v) is 3.23. The van der Waals surface area contributed by atoms with Crippen molar-refractivity contribution < 1.29 is 14.0 Å². The molecule has 0 radical (unpaired) electrons. The summed E-state index contributed by atoms with van der Waals surface area (Å²) in [5, 5.41) is 5.19. The minimum absolute atomic E-state index is 0.152. The van der Waals surface area contributed by atoms with Crippen molar-refractivity contribution in [1.29, 1.82) is 0 Å². The summed E-state index contributed by atoms with van der Waals surface area (Å²) in [6.07, 6.45) is 0. The summed E-state index contributed by atoms with van der Waals surface area (Å²) >= 11 is 0. The highest BCUT2D eigenvalue weighted by Crippen LogP contribution is 2.06. The van der Waals surface area contributed by atoms with E-state index >= 15 is 0 Å². The van der Waals surface area contributed by atoms with Crippen LogP contribution in [-0.4, -0.2) is 18.4 Å². The lowest BCUT2D eigenvalue weighted by atomic mass is 10.1. The number of carbonyl (C=O) groups excluding carboxylic acids is 2. The molecule has 2 aromatic carbocycles. The van der Waals surface area contributed by atoms with Gasteiger partial charge >= 0.3 is 0 Å². The molecule has 0 saturated carbocycles.